The molecule has 5 nitrogen and oxygen atoms in total. The van der Waals surface area contributed by atoms with Gasteiger partial charge < -0.3 is 5.32 Å². The van der Waals surface area contributed by atoms with Gasteiger partial charge >= 0.3 is 0 Å². The van der Waals surface area contributed by atoms with E-state index in [1.54, 1.807) is 6.08 Å². The van der Waals surface area contributed by atoms with Crippen molar-refractivity contribution in [2.75, 3.05) is 24.6 Å². The molecule has 2 saturated heterocycles. The lowest BCUT2D eigenvalue weighted by Crippen LogP contribution is -2.45. The van der Waals surface area contributed by atoms with Gasteiger partial charge in [0.1, 0.15) is 0 Å². The summed E-state index contributed by atoms with van der Waals surface area (Å²) in [4.78, 5) is 12.4. The first-order valence-electron chi connectivity index (χ1n) is 9.16. The van der Waals surface area contributed by atoms with Gasteiger partial charge in [0.2, 0.25) is 15.9 Å². The summed E-state index contributed by atoms with van der Waals surface area (Å²) >= 11 is 1.94. The van der Waals surface area contributed by atoms with Crippen LogP contribution >= 0.6 is 11.8 Å². The van der Waals surface area contributed by atoms with E-state index in [4.69, 9.17) is 0 Å². The summed E-state index contributed by atoms with van der Waals surface area (Å²) in [6.07, 6.45) is 4.87. The van der Waals surface area contributed by atoms with Gasteiger partial charge in [-0.25, -0.2) is 8.42 Å². The Balaban J connectivity index is 1.50. The van der Waals surface area contributed by atoms with Crippen LogP contribution in [-0.4, -0.2) is 49.3 Å². The summed E-state index contributed by atoms with van der Waals surface area (Å²) in [6.45, 7) is 0.806. The van der Waals surface area contributed by atoms with Crippen molar-refractivity contribution >= 4 is 33.8 Å². The normalized spacial score (nSPS) is 21.1. The number of piperidine rings is 1. The Morgan fingerprint density at radius 3 is 2.38 bits per heavy atom. The molecule has 0 atom stereocenters. The maximum absolute atomic E-state index is 12.5. The largest absolute Gasteiger partial charge is 0.353 e. The number of rotatable bonds is 5. The molecule has 0 spiro atoms. The van der Waals surface area contributed by atoms with Crippen LogP contribution in [-0.2, 0) is 14.8 Å². The number of carbonyl (C=O) groups excluding carboxylic acids is 1. The molecule has 2 aliphatic heterocycles. The molecule has 1 aromatic rings. The Hall–Kier alpha value is -1.31. The number of hydrogen-bond donors (Lipinski definition) is 1. The Bertz CT molecular complexity index is 720. The van der Waals surface area contributed by atoms with Gasteiger partial charge in [0.05, 0.1) is 0 Å². The van der Waals surface area contributed by atoms with Crippen LogP contribution in [0.4, 0.5) is 0 Å². The summed E-state index contributed by atoms with van der Waals surface area (Å²) in [5, 5.41) is 4.42. The highest BCUT2D eigenvalue weighted by molar-refractivity contribution is 7.99. The quantitative estimate of drug-likeness (QED) is 0.834. The van der Waals surface area contributed by atoms with E-state index in [2.05, 4.69) is 5.32 Å². The number of thioether (sulfide) groups is 1. The molecule has 2 heterocycles. The van der Waals surface area contributed by atoms with E-state index in [0.717, 1.165) is 29.9 Å². The Morgan fingerprint density at radius 2 is 1.73 bits per heavy atom. The van der Waals surface area contributed by atoms with Crippen LogP contribution in [0.1, 0.15) is 31.2 Å². The van der Waals surface area contributed by atoms with Crippen molar-refractivity contribution in [3.63, 3.8) is 0 Å². The van der Waals surface area contributed by atoms with Crippen molar-refractivity contribution < 1.29 is 13.2 Å². The Morgan fingerprint density at radius 1 is 1.08 bits per heavy atom. The van der Waals surface area contributed by atoms with Gasteiger partial charge in [-0.3, -0.25) is 4.79 Å². The van der Waals surface area contributed by atoms with Gasteiger partial charge in [-0.15, -0.1) is 0 Å². The number of nitrogens with zero attached hydrogens (tertiary/aromatic N) is 1. The standard InChI is InChI=1S/C19H26N2O3S2/c22-19(20-18-8-13-25-14-9-18)17-6-11-21(12-7-17)26(23,24)15-10-16-4-2-1-3-5-16/h1-5,10,15,17-18H,6-9,11-14H2,(H,20,22)/b15-10+. The summed E-state index contributed by atoms with van der Waals surface area (Å²) in [5.41, 5.74) is 0.857. The minimum absolute atomic E-state index is 0.0749. The fourth-order valence-electron chi connectivity index (χ4n) is 3.35. The van der Waals surface area contributed by atoms with E-state index in [1.807, 2.05) is 42.1 Å². The SMILES string of the molecule is O=C(NC1CCSCC1)C1CCN(S(=O)(=O)/C=C/c2ccccc2)CC1. The molecular weight excluding hydrogens is 368 g/mol. The molecule has 142 valence electrons. The molecular formula is C19H26N2O3S2. The van der Waals surface area contributed by atoms with Crippen LogP contribution < -0.4 is 5.32 Å². The Kier molecular flexibility index (Phi) is 6.78. The van der Waals surface area contributed by atoms with Gasteiger partial charge in [0.15, 0.2) is 0 Å². The van der Waals surface area contributed by atoms with Gasteiger partial charge in [-0.2, -0.15) is 16.1 Å². The molecule has 0 aliphatic carbocycles. The summed E-state index contributed by atoms with van der Waals surface area (Å²) < 4.78 is 26.5. The fraction of sp³-hybridized carbons (Fsp3) is 0.526. The lowest BCUT2D eigenvalue weighted by Gasteiger charge is -2.31. The lowest BCUT2D eigenvalue weighted by molar-refractivity contribution is -0.126. The third-order valence-corrected chi connectivity index (χ3v) is 7.60. The minimum atomic E-state index is -3.44. The topological polar surface area (TPSA) is 66.5 Å². The predicted octanol–water partition coefficient (Wildman–Crippen LogP) is 2.71. The second-order valence-corrected chi connectivity index (χ2v) is 9.87. The average molecular weight is 395 g/mol. The van der Waals surface area contributed by atoms with Gasteiger partial charge in [0.25, 0.3) is 0 Å². The van der Waals surface area contributed by atoms with Gasteiger partial charge in [-0.05, 0) is 48.8 Å². The van der Waals surface area contributed by atoms with Crippen molar-refractivity contribution in [3.05, 3.63) is 41.3 Å². The summed E-state index contributed by atoms with van der Waals surface area (Å²) in [7, 11) is -3.44. The second-order valence-electron chi connectivity index (χ2n) is 6.83. The second kappa shape index (κ2) is 9.06. The fourth-order valence-corrected chi connectivity index (χ4v) is 5.68. The molecule has 1 N–H and O–H groups in total. The number of hydrogen-bond acceptors (Lipinski definition) is 4. The van der Waals surface area contributed by atoms with Gasteiger partial charge in [-0.1, -0.05) is 30.3 Å². The zero-order valence-corrected chi connectivity index (χ0v) is 16.5. The Labute approximate surface area is 160 Å². The molecule has 1 aromatic carbocycles. The van der Waals surface area contributed by atoms with Crippen LogP contribution in [0.15, 0.2) is 35.7 Å². The van der Waals surface area contributed by atoms with E-state index < -0.39 is 10.0 Å². The third-order valence-electron chi connectivity index (χ3n) is 4.98. The van der Waals surface area contributed by atoms with Crippen LogP contribution in [0.5, 0.6) is 0 Å². The van der Waals surface area contributed by atoms with Crippen molar-refractivity contribution in [2.45, 2.75) is 31.7 Å². The molecule has 1 amide bonds. The molecule has 26 heavy (non-hydrogen) atoms. The highest BCUT2D eigenvalue weighted by Crippen LogP contribution is 2.23. The first-order valence-corrected chi connectivity index (χ1v) is 11.8. The van der Waals surface area contributed by atoms with E-state index >= 15 is 0 Å². The lowest BCUT2D eigenvalue weighted by atomic mass is 9.96. The van der Waals surface area contributed by atoms with Crippen molar-refractivity contribution in [3.8, 4) is 0 Å². The smallest absolute Gasteiger partial charge is 0.236 e. The number of benzene rings is 1. The van der Waals surface area contributed by atoms with Crippen LogP contribution in [0.3, 0.4) is 0 Å². The molecule has 0 saturated carbocycles. The maximum Gasteiger partial charge on any atom is 0.236 e. The van der Waals surface area contributed by atoms with E-state index in [-0.39, 0.29) is 11.8 Å². The average Bonchev–Trinajstić information content (AvgIpc) is 2.68. The molecule has 2 aliphatic rings. The summed E-state index contributed by atoms with van der Waals surface area (Å²) in [6, 6.07) is 9.68. The van der Waals surface area contributed by atoms with E-state index in [1.165, 1.54) is 9.71 Å². The monoisotopic (exact) mass is 394 g/mol. The highest BCUT2D eigenvalue weighted by Gasteiger charge is 2.30. The van der Waals surface area contributed by atoms with E-state index in [9.17, 15) is 13.2 Å². The molecule has 2 fully saturated rings. The first kappa shape index (κ1) is 19.5. The molecule has 3 rings (SSSR count). The minimum Gasteiger partial charge on any atom is -0.353 e. The third kappa shape index (κ3) is 5.34. The molecule has 0 bridgehead atoms. The van der Waals surface area contributed by atoms with Crippen molar-refractivity contribution in [1.82, 2.24) is 9.62 Å². The number of sulfonamides is 1. The molecule has 7 heteroatoms. The van der Waals surface area contributed by atoms with Crippen LogP contribution in [0.25, 0.3) is 6.08 Å². The van der Waals surface area contributed by atoms with Gasteiger partial charge in [0, 0.05) is 30.5 Å². The van der Waals surface area contributed by atoms with Crippen LogP contribution in [0.2, 0.25) is 0 Å². The number of amides is 1. The van der Waals surface area contributed by atoms with E-state index in [0.29, 0.717) is 32.0 Å². The van der Waals surface area contributed by atoms with Crippen LogP contribution in [0, 0.1) is 5.92 Å². The molecule has 0 radical (unpaired) electrons. The van der Waals surface area contributed by atoms with Crippen molar-refractivity contribution in [1.29, 1.82) is 0 Å². The zero-order valence-electron chi connectivity index (χ0n) is 14.8. The highest BCUT2D eigenvalue weighted by atomic mass is 32.2. The summed E-state index contributed by atoms with van der Waals surface area (Å²) in [5.74, 6) is 2.23. The number of nitrogens with one attached hydrogen (secondary N) is 1. The number of carbonyl (C=O) groups is 1. The molecule has 0 unspecified atom stereocenters. The first-order chi connectivity index (χ1) is 12.5. The maximum atomic E-state index is 12.5. The van der Waals surface area contributed by atoms with Crippen molar-refractivity contribution in [2.24, 2.45) is 5.92 Å². The predicted molar refractivity (Wildman–Crippen MR) is 107 cm³/mol. The molecule has 0 aromatic heterocycles. The zero-order chi connectivity index (χ0) is 18.4.